The predicted molar refractivity (Wildman–Crippen MR) is 80.5 cm³/mol. The Labute approximate surface area is 116 Å². The van der Waals surface area contributed by atoms with Crippen LogP contribution in [0.25, 0.3) is 0 Å². The summed E-state index contributed by atoms with van der Waals surface area (Å²) in [5.74, 6) is -0.459. The summed E-state index contributed by atoms with van der Waals surface area (Å²) in [5.41, 5.74) is 4.86. The highest BCUT2D eigenvalue weighted by Crippen LogP contribution is 2.16. The summed E-state index contributed by atoms with van der Waals surface area (Å²) in [7, 11) is 0. The van der Waals surface area contributed by atoms with Gasteiger partial charge in [-0.3, -0.25) is 4.79 Å². The molecule has 19 heavy (non-hydrogen) atoms. The third-order valence-electron chi connectivity index (χ3n) is 2.33. The Balaban J connectivity index is 4.23. The SMILES string of the molecule is CC=CC=CC=CCCC=C(CC(C)(C)O)C(N)=O. The number of hydrogen-bond donors (Lipinski definition) is 2. The Morgan fingerprint density at radius 1 is 1.16 bits per heavy atom. The number of unbranched alkanes of at least 4 members (excludes halogenated alkanes) is 1. The molecule has 0 heterocycles. The van der Waals surface area contributed by atoms with Gasteiger partial charge in [-0.15, -0.1) is 0 Å². The van der Waals surface area contributed by atoms with Gasteiger partial charge in [0.15, 0.2) is 0 Å². The normalized spacial score (nSPS) is 14.0. The summed E-state index contributed by atoms with van der Waals surface area (Å²) >= 11 is 0. The molecule has 0 bridgehead atoms. The van der Waals surface area contributed by atoms with E-state index in [1.165, 1.54) is 0 Å². The number of carbonyl (C=O) groups is 1. The number of amides is 1. The molecule has 0 aliphatic rings. The Hall–Kier alpha value is -1.61. The first kappa shape index (κ1) is 17.4. The van der Waals surface area contributed by atoms with E-state index >= 15 is 0 Å². The number of primary amides is 1. The van der Waals surface area contributed by atoms with Gasteiger partial charge in [-0.1, -0.05) is 42.5 Å². The van der Waals surface area contributed by atoms with Crippen molar-refractivity contribution in [2.75, 3.05) is 0 Å². The second kappa shape index (κ2) is 9.34. The molecule has 0 aromatic rings. The van der Waals surface area contributed by atoms with Gasteiger partial charge in [-0.05, 0) is 33.6 Å². The molecule has 3 N–H and O–H groups in total. The molecule has 0 spiro atoms. The second-order valence-electron chi connectivity index (χ2n) is 5.00. The molecule has 0 unspecified atom stereocenters. The average Bonchev–Trinajstić information content (AvgIpc) is 2.29. The summed E-state index contributed by atoms with van der Waals surface area (Å²) in [6.07, 6.45) is 15.5. The quantitative estimate of drug-likeness (QED) is 0.401. The molecule has 0 aliphatic heterocycles. The lowest BCUT2D eigenvalue weighted by atomic mass is 9.97. The van der Waals surface area contributed by atoms with E-state index < -0.39 is 11.5 Å². The van der Waals surface area contributed by atoms with Crippen LogP contribution in [0.5, 0.6) is 0 Å². The molecule has 0 saturated carbocycles. The lowest BCUT2D eigenvalue weighted by Gasteiger charge is -2.17. The van der Waals surface area contributed by atoms with E-state index in [1.807, 2.05) is 43.4 Å². The summed E-state index contributed by atoms with van der Waals surface area (Å²) in [6.45, 7) is 5.29. The summed E-state index contributed by atoms with van der Waals surface area (Å²) in [5, 5.41) is 9.68. The minimum absolute atomic E-state index is 0.285. The fraction of sp³-hybridized carbons (Fsp3) is 0.438. The van der Waals surface area contributed by atoms with Crippen LogP contribution in [0.4, 0.5) is 0 Å². The van der Waals surface area contributed by atoms with Crippen molar-refractivity contribution in [2.45, 2.75) is 45.6 Å². The Kier molecular flexibility index (Phi) is 8.55. The molecule has 0 fully saturated rings. The molecule has 0 aliphatic carbocycles. The summed E-state index contributed by atoms with van der Waals surface area (Å²) in [6, 6.07) is 0. The van der Waals surface area contributed by atoms with Crippen molar-refractivity contribution in [1.82, 2.24) is 0 Å². The van der Waals surface area contributed by atoms with Gasteiger partial charge in [0.25, 0.3) is 0 Å². The van der Waals surface area contributed by atoms with E-state index in [4.69, 9.17) is 5.73 Å². The topological polar surface area (TPSA) is 63.3 Å². The van der Waals surface area contributed by atoms with Crippen LogP contribution >= 0.6 is 0 Å². The van der Waals surface area contributed by atoms with Crippen LogP contribution in [0.3, 0.4) is 0 Å². The third-order valence-corrected chi connectivity index (χ3v) is 2.33. The zero-order chi connectivity index (χ0) is 14.7. The fourth-order valence-corrected chi connectivity index (χ4v) is 1.49. The number of nitrogens with two attached hydrogens (primary N) is 1. The van der Waals surface area contributed by atoms with Crippen LogP contribution in [0.15, 0.2) is 48.1 Å². The monoisotopic (exact) mass is 263 g/mol. The van der Waals surface area contributed by atoms with Crippen molar-refractivity contribution >= 4 is 5.91 Å². The van der Waals surface area contributed by atoms with Gasteiger partial charge in [0, 0.05) is 12.0 Å². The van der Waals surface area contributed by atoms with Crippen LogP contribution in [-0.2, 0) is 4.79 Å². The van der Waals surface area contributed by atoms with E-state index in [9.17, 15) is 9.90 Å². The molecule has 3 nitrogen and oxygen atoms in total. The first-order valence-corrected chi connectivity index (χ1v) is 6.52. The average molecular weight is 263 g/mol. The molecule has 0 radical (unpaired) electrons. The van der Waals surface area contributed by atoms with Crippen molar-refractivity contribution in [3.63, 3.8) is 0 Å². The molecular formula is C16H25NO2. The van der Waals surface area contributed by atoms with E-state index in [0.717, 1.165) is 12.8 Å². The molecule has 3 heteroatoms. The smallest absolute Gasteiger partial charge is 0.244 e. The molecule has 106 valence electrons. The van der Waals surface area contributed by atoms with Gasteiger partial charge < -0.3 is 10.8 Å². The minimum atomic E-state index is -0.911. The molecular weight excluding hydrogens is 238 g/mol. The number of rotatable bonds is 8. The summed E-state index contributed by atoms with van der Waals surface area (Å²) in [4.78, 5) is 11.2. The molecule has 1 amide bonds. The Morgan fingerprint density at radius 3 is 2.32 bits per heavy atom. The molecule has 0 aromatic carbocycles. The minimum Gasteiger partial charge on any atom is -0.390 e. The summed E-state index contributed by atoms with van der Waals surface area (Å²) < 4.78 is 0. The van der Waals surface area contributed by atoms with Gasteiger partial charge in [0.1, 0.15) is 0 Å². The standard InChI is InChI=1S/C16H25NO2/c1-4-5-6-7-8-9-10-11-12-14(15(17)18)13-16(2,3)19/h4-9,12,19H,10-11,13H2,1-3H3,(H2,17,18). The highest BCUT2D eigenvalue weighted by atomic mass is 16.3. The lowest BCUT2D eigenvalue weighted by Crippen LogP contribution is -2.25. The van der Waals surface area contributed by atoms with Crippen LogP contribution in [0.2, 0.25) is 0 Å². The molecule has 0 saturated heterocycles. The van der Waals surface area contributed by atoms with Crippen LogP contribution in [0, 0.1) is 0 Å². The van der Waals surface area contributed by atoms with Crippen LogP contribution < -0.4 is 5.73 Å². The molecule has 0 atom stereocenters. The van der Waals surface area contributed by atoms with E-state index in [-0.39, 0.29) is 6.42 Å². The highest BCUT2D eigenvalue weighted by Gasteiger charge is 2.17. The van der Waals surface area contributed by atoms with Gasteiger partial charge in [0.05, 0.1) is 5.60 Å². The number of carbonyl (C=O) groups excluding carboxylic acids is 1. The van der Waals surface area contributed by atoms with E-state index in [1.54, 1.807) is 19.9 Å². The first-order valence-electron chi connectivity index (χ1n) is 6.52. The van der Waals surface area contributed by atoms with E-state index in [2.05, 4.69) is 0 Å². The lowest BCUT2D eigenvalue weighted by molar-refractivity contribution is -0.115. The van der Waals surface area contributed by atoms with Gasteiger partial charge in [-0.2, -0.15) is 0 Å². The zero-order valence-electron chi connectivity index (χ0n) is 12.1. The van der Waals surface area contributed by atoms with Crippen LogP contribution in [0.1, 0.15) is 40.0 Å². The first-order chi connectivity index (χ1) is 8.87. The zero-order valence-corrected chi connectivity index (χ0v) is 12.1. The number of aliphatic hydroxyl groups is 1. The van der Waals surface area contributed by atoms with Crippen molar-refractivity contribution in [3.8, 4) is 0 Å². The van der Waals surface area contributed by atoms with Crippen molar-refractivity contribution in [2.24, 2.45) is 5.73 Å². The Morgan fingerprint density at radius 2 is 1.79 bits per heavy atom. The number of hydrogen-bond acceptors (Lipinski definition) is 2. The molecule has 0 rings (SSSR count). The fourth-order valence-electron chi connectivity index (χ4n) is 1.49. The number of allylic oxidation sites excluding steroid dienone is 7. The maximum Gasteiger partial charge on any atom is 0.244 e. The van der Waals surface area contributed by atoms with Gasteiger partial charge >= 0.3 is 0 Å². The second-order valence-corrected chi connectivity index (χ2v) is 5.00. The third kappa shape index (κ3) is 11.2. The maximum atomic E-state index is 11.2. The Bertz CT molecular complexity index is 382. The largest absolute Gasteiger partial charge is 0.390 e. The maximum absolute atomic E-state index is 11.2. The predicted octanol–water partition coefficient (Wildman–Crippen LogP) is 3.03. The highest BCUT2D eigenvalue weighted by molar-refractivity contribution is 5.92. The van der Waals surface area contributed by atoms with Gasteiger partial charge in [-0.25, -0.2) is 0 Å². The molecule has 0 aromatic heterocycles. The van der Waals surface area contributed by atoms with Crippen molar-refractivity contribution in [3.05, 3.63) is 48.1 Å². The van der Waals surface area contributed by atoms with Crippen LogP contribution in [-0.4, -0.2) is 16.6 Å². The van der Waals surface area contributed by atoms with Gasteiger partial charge in [0.2, 0.25) is 5.91 Å². The van der Waals surface area contributed by atoms with Crippen molar-refractivity contribution in [1.29, 1.82) is 0 Å². The van der Waals surface area contributed by atoms with Crippen molar-refractivity contribution < 1.29 is 9.90 Å². The van der Waals surface area contributed by atoms with E-state index in [0.29, 0.717) is 5.57 Å².